The van der Waals surface area contributed by atoms with Crippen molar-refractivity contribution >= 4 is 17.4 Å². The third-order valence-electron chi connectivity index (χ3n) is 2.94. The van der Waals surface area contributed by atoms with Gasteiger partial charge >= 0.3 is 0 Å². The van der Waals surface area contributed by atoms with Crippen LogP contribution in [0.25, 0.3) is 17.2 Å². The van der Waals surface area contributed by atoms with Crippen molar-refractivity contribution in [2.45, 2.75) is 13.8 Å². The Kier molecular flexibility index (Phi) is 2.22. The van der Waals surface area contributed by atoms with Crippen molar-refractivity contribution < 1.29 is 0 Å². The van der Waals surface area contributed by atoms with Crippen molar-refractivity contribution in [3.8, 4) is 11.1 Å². The van der Waals surface area contributed by atoms with Crippen molar-refractivity contribution in [2.24, 2.45) is 0 Å². The number of allylic oxidation sites excluding steroid dienone is 1. The van der Waals surface area contributed by atoms with E-state index in [1.165, 1.54) is 32.0 Å². The molecule has 2 aromatic rings. The molecule has 0 saturated carbocycles. The summed E-state index contributed by atoms with van der Waals surface area (Å²) in [5, 5.41) is 0. The van der Waals surface area contributed by atoms with Gasteiger partial charge in [-0.05, 0) is 25.0 Å². The lowest BCUT2D eigenvalue weighted by atomic mass is 10.0. The lowest BCUT2D eigenvalue weighted by Gasteiger charge is -2.02. The average Bonchev–Trinajstić information content (AvgIpc) is 2.74. The summed E-state index contributed by atoms with van der Waals surface area (Å²) in [7, 11) is 0. The van der Waals surface area contributed by atoms with Crippen LogP contribution in [0.1, 0.15) is 22.2 Å². The molecule has 0 fully saturated rings. The van der Waals surface area contributed by atoms with E-state index < -0.39 is 0 Å². The Hall–Kier alpha value is -1.34. The molecule has 16 heavy (non-hydrogen) atoms. The number of aryl methyl sites for hydroxylation is 1. The summed E-state index contributed by atoms with van der Waals surface area (Å²) >= 11 is 1.89. The molecule has 0 amide bonds. The van der Waals surface area contributed by atoms with Crippen LogP contribution in [-0.2, 0) is 0 Å². The van der Waals surface area contributed by atoms with Crippen molar-refractivity contribution in [3.05, 3.63) is 57.6 Å². The molecule has 1 aliphatic carbocycles. The zero-order valence-corrected chi connectivity index (χ0v) is 10.3. The average molecular weight is 225 g/mol. The second-order valence-electron chi connectivity index (χ2n) is 4.21. The van der Waals surface area contributed by atoms with Crippen LogP contribution in [0.15, 0.2) is 35.9 Å². The molecule has 1 aliphatic rings. The smallest absolute Gasteiger partial charge is 0.0263 e. The fraction of sp³-hybridized carbons (Fsp3) is 0.133. The maximum absolute atomic E-state index is 2.29. The second-order valence-corrected chi connectivity index (χ2v) is 5.47. The van der Waals surface area contributed by atoms with E-state index in [4.69, 9.17) is 0 Å². The normalized spacial score (nSPS) is 13.8. The van der Waals surface area contributed by atoms with Crippen LogP contribution in [0, 0.1) is 13.3 Å². The molecule has 0 aliphatic heterocycles. The van der Waals surface area contributed by atoms with Crippen LogP contribution in [0.5, 0.6) is 0 Å². The zero-order chi connectivity index (χ0) is 11.1. The van der Waals surface area contributed by atoms with Crippen molar-refractivity contribution in [1.82, 2.24) is 0 Å². The standard InChI is InChI=1S/C15H13S/c1-10-8-13-14(9-10)16-11(2)15(13)12-6-4-3-5-7-12/h3-9H,1-2H3. The van der Waals surface area contributed by atoms with Crippen LogP contribution in [-0.4, -0.2) is 0 Å². The van der Waals surface area contributed by atoms with Crippen LogP contribution in [0.3, 0.4) is 0 Å². The van der Waals surface area contributed by atoms with Gasteiger partial charge in [-0.3, -0.25) is 0 Å². The largest absolute Gasteiger partial charge is 0.144 e. The number of hydrogen-bond acceptors (Lipinski definition) is 1. The topological polar surface area (TPSA) is 0 Å². The van der Waals surface area contributed by atoms with E-state index in [1.807, 2.05) is 11.3 Å². The Morgan fingerprint density at radius 3 is 2.50 bits per heavy atom. The van der Waals surface area contributed by atoms with E-state index in [0.29, 0.717) is 0 Å². The molecule has 79 valence electrons. The van der Waals surface area contributed by atoms with E-state index in [2.05, 4.69) is 56.7 Å². The fourth-order valence-corrected chi connectivity index (χ4v) is 3.45. The lowest BCUT2D eigenvalue weighted by molar-refractivity contribution is 1.50. The number of thiophene rings is 1. The molecule has 1 aromatic heterocycles. The minimum atomic E-state index is 1.33. The Labute approximate surface area is 100 Å². The first-order chi connectivity index (χ1) is 7.75. The molecule has 0 N–H and O–H groups in total. The summed E-state index contributed by atoms with van der Waals surface area (Å²) in [5.41, 5.74) is 5.51. The monoisotopic (exact) mass is 225 g/mol. The van der Waals surface area contributed by atoms with Gasteiger partial charge in [-0.1, -0.05) is 42.0 Å². The highest BCUT2D eigenvalue weighted by molar-refractivity contribution is 7.13. The van der Waals surface area contributed by atoms with Crippen LogP contribution in [0.2, 0.25) is 0 Å². The molecule has 0 saturated heterocycles. The Morgan fingerprint density at radius 2 is 1.75 bits per heavy atom. The van der Waals surface area contributed by atoms with Crippen molar-refractivity contribution in [2.75, 3.05) is 0 Å². The molecule has 1 radical (unpaired) electrons. The first-order valence-corrected chi connectivity index (χ1v) is 6.29. The second kappa shape index (κ2) is 3.60. The third-order valence-corrected chi connectivity index (χ3v) is 4.01. The first-order valence-electron chi connectivity index (χ1n) is 5.47. The first kappa shape index (κ1) is 9.86. The van der Waals surface area contributed by atoms with Crippen LogP contribution in [0.4, 0.5) is 0 Å². The Balaban J connectivity index is 2.22. The van der Waals surface area contributed by atoms with Gasteiger partial charge in [0.2, 0.25) is 0 Å². The van der Waals surface area contributed by atoms with E-state index in [9.17, 15) is 0 Å². The zero-order valence-electron chi connectivity index (χ0n) is 9.45. The summed E-state index contributed by atoms with van der Waals surface area (Å²) in [5.74, 6) is 0. The maximum atomic E-state index is 2.29. The highest BCUT2D eigenvalue weighted by atomic mass is 32.1. The summed E-state index contributed by atoms with van der Waals surface area (Å²) in [6.07, 6.45) is 4.57. The minimum Gasteiger partial charge on any atom is -0.144 e. The van der Waals surface area contributed by atoms with Gasteiger partial charge in [0.25, 0.3) is 0 Å². The van der Waals surface area contributed by atoms with Gasteiger partial charge in [0.1, 0.15) is 0 Å². The quantitative estimate of drug-likeness (QED) is 0.660. The number of hydrogen-bond donors (Lipinski definition) is 0. The van der Waals surface area contributed by atoms with Gasteiger partial charge in [-0.25, -0.2) is 0 Å². The molecule has 1 heteroatoms. The SMILES string of the molecule is CC1=Cc2c(sc(C)c2-c2ccccc2)[CH]1. The van der Waals surface area contributed by atoms with E-state index >= 15 is 0 Å². The molecular weight excluding hydrogens is 212 g/mol. The van der Waals surface area contributed by atoms with E-state index in [1.54, 1.807) is 0 Å². The predicted octanol–water partition coefficient (Wildman–Crippen LogP) is 4.69. The molecule has 1 aromatic carbocycles. The number of fused-ring (bicyclic) bond motifs is 1. The van der Waals surface area contributed by atoms with Gasteiger partial charge in [-0.2, -0.15) is 0 Å². The molecule has 0 nitrogen and oxygen atoms in total. The van der Waals surface area contributed by atoms with Crippen LogP contribution >= 0.6 is 11.3 Å². The number of benzene rings is 1. The van der Waals surface area contributed by atoms with Crippen LogP contribution < -0.4 is 0 Å². The summed E-state index contributed by atoms with van der Waals surface area (Å²) in [4.78, 5) is 2.82. The van der Waals surface area contributed by atoms with Gasteiger partial charge in [-0.15, -0.1) is 11.3 Å². The highest BCUT2D eigenvalue weighted by Gasteiger charge is 2.19. The highest BCUT2D eigenvalue weighted by Crippen LogP contribution is 2.42. The van der Waals surface area contributed by atoms with E-state index in [0.717, 1.165) is 0 Å². The lowest BCUT2D eigenvalue weighted by Crippen LogP contribution is -1.79. The predicted molar refractivity (Wildman–Crippen MR) is 71.5 cm³/mol. The summed E-state index contributed by atoms with van der Waals surface area (Å²) in [6, 6.07) is 10.7. The molecule has 1 heterocycles. The molecule has 3 rings (SSSR count). The van der Waals surface area contributed by atoms with Gasteiger partial charge in [0.15, 0.2) is 0 Å². The van der Waals surface area contributed by atoms with Gasteiger partial charge < -0.3 is 0 Å². The molecule has 0 spiro atoms. The minimum absolute atomic E-state index is 1.33. The Bertz CT molecular complexity index is 559. The summed E-state index contributed by atoms with van der Waals surface area (Å²) in [6.45, 7) is 4.37. The summed E-state index contributed by atoms with van der Waals surface area (Å²) < 4.78 is 0. The number of rotatable bonds is 1. The molecular formula is C15H13S. The van der Waals surface area contributed by atoms with Crippen molar-refractivity contribution in [1.29, 1.82) is 0 Å². The third kappa shape index (κ3) is 1.43. The Morgan fingerprint density at radius 1 is 1.00 bits per heavy atom. The maximum Gasteiger partial charge on any atom is 0.0263 e. The fourth-order valence-electron chi connectivity index (χ4n) is 2.27. The van der Waals surface area contributed by atoms with Gasteiger partial charge in [0, 0.05) is 21.7 Å². The molecule has 0 atom stereocenters. The van der Waals surface area contributed by atoms with Crippen molar-refractivity contribution in [3.63, 3.8) is 0 Å². The van der Waals surface area contributed by atoms with E-state index in [-0.39, 0.29) is 0 Å². The molecule has 0 unspecified atom stereocenters. The molecule has 0 bridgehead atoms. The van der Waals surface area contributed by atoms with Gasteiger partial charge in [0.05, 0.1) is 0 Å².